The van der Waals surface area contributed by atoms with Gasteiger partial charge in [0.1, 0.15) is 0 Å². The minimum atomic E-state index is -0.443. The van der Waals surface area contributed by atoms with Crippen LogP contribution in [-0.2, 0) is 4.43 Å². The van der Waals surface area contributed by atoms with E-state index in [9.17, 15) is 0 Å². The second kappa shape index (κ2) is 7.41. The van der Waals surface area contributed by atoms with Crippen molar-refractivity contribution >= 4 is 9.76 Å². The summed E-state index contributed by atoms with van der Waals surface area (Å²) in [5.41, 5.74) is 5.45. The molecule has 0 saturated heterocycles. The van der Waals surface area contributed by atoms with E-state index in [0.29, 0.717) is 5.92 Å². The summed E-state index contributed by atoms with van der Waals surface area (Å²) in [5, 5.41) is 0. The molecule has 106 valence electrons. The fourth-order valence-electron chi connectivity index (χ4n) is 2.47. The lowest BCUT2D eigenvalue weighted by Crippen LogP contribution is -2.07. The predicted octanol–water partition coefficient (Wildman–Crippen LogP) is 3.97. The van der Waals surface area contributed by atoms with Gasteiger partial charge in [-0.1, -0.05) is 59.7 Å². The maximum Gasteiger partial charge on any atom is 0.162 e. The molecule has 0 aliphatic rings. The number of aryl methyl sites for hydroxylation is 2. The highest BCUT2D eigenvalue weighted by Crippen LogP contribution is 2.28. The van der Waals surface area contributed by atoms with Crippen LogP contribution in [0.5, 0.6) is 0 Å². The largest absolute Gasteiger partial charge is 0.424 e. The first-order valence-corrected chi connectivity index (χ1v) is 8.99. The molecule has 2 aromatic carbocycles. The van der Waals surface area contributed by atoms with Crippen LogP contribution in [0, 0.1) is 13.8 Å². The molecule has 0 radical (unpaired) electrons. The van der Waals surface area contributed by atoms with Crippen LogP contribution >= 0.6 is 0 Å². The van der Waals surface area contributed by atoms with Crippen molar-refractivity contribution < 1.29 is 4.43 Å². The van der Waals surface area contributed by atoms with E-state index in [4.69, 9.17) is 4.43 Å². The molecule has 0 unspecified atom stereocenters. The van der Waals surface area contributed by atoms with Crippen molar-refractivity contribution in [1.29, 1.82) is 0 Å². The highest BCUT2D eigenvalue weighted by molar-refractivity contribution is 6.27. The topological polar surface area (TPSA) is 9.23 Å². The third kappa shape index (κ3) is 4.05. The fourth-order valence-corrected chi connectivity index (χ4v) is 3.83. The lowest BCUT2D eigenvalue weighted by Gasteiger charge is -2.18. The van der Waals surface area contributed by atoms with Crippen molar-refractivity contribution in [2.24, 2.45) is 0 Å². The molecule has 0 saturated carbocycles. The Bertz CT molecular complexity index is 471. The van der Waals surface area contributed by atoms with Gasteiger partial charge in [-0.3, -0.25) is 0 Å². The molecule has 0 spiro atoms. The van der Waals surface area contributed by atoms with Crippen LogP contribution in [0.25, 0.3) is 0 Å². The van der Waals surface area contributed by atoms with Gasteiger partial charge in [0.05, 0.1) is 0 Å². The lowest BCUT2D eigenvalue weighted by atomic mass is 9.92. The summed E-state index contributed by atoms with van der Waals surface area (Å²) in [7, 11) is -0.443. The molecule has 0 atom stereocenters. The van der Waals surface area contributed by atoms with Crippen molar-refractivity contribution in [2.45, 2.75) is 32.7 Å². The summed E-state index contributed by atoms with van der Waals surface area (Å²) in [4.78, 5) is 0. The van der Waals surface area contributed by atoms with Gasteiger partial charge in [0, 0.05) is 12.5 Å². The fraction of sp³-hybridized carbons (Fsp3) is 0.333. The molecule has 0 aromatic heterocycles. The molecule has 0 aliphatic carbocycles. The average molecular weight is 284 g/mol. The van der Waals surface area contributed by atoms with Gasteiger partial charge < -0.3 is 4.43 Å². The van der Waals surface area contributed by atoms with E-state index < -0.39 is 9.76 Å². The second-order valence-electron chi connectivity index (χ2n) is 5.36. The molecular weight excluding hydrogens is 260 g/mol. The number of rotatable bonds is 6. The maximum atomic E-state index is 5.69. The Kier molecular flexibility index (Phi) is 5.56. The number of hydrogen-bond acceptors (Lipinski definition) is 1. The van der Waals surface area contributed by atoms with Gasteiger partial charge in [-0.05, 0) is 37.9 Å². The first kappa shape index (κ1) is 15.0. The first-order valence-electron chi connectivity index (χ1n) is 7.41. The zero-order valence-corrected chi connectivity index (χ0v) is 14.1. The van der Waals surface area contributed by atoms with E-state index in [0.717, 1.165) is 6.61 Å². The summed E-state index contributed by atoms with van der Waals surface area (Å²) in [6, 6.07) is 19.1. The molecule has 0 heterocycles. The monoisotopic (exact) mass is 284 g/mol. The maximum absolute atomic E-state index is 5.69. The van der Waals surface area contributed by atoms with Crippen LogP contribution in [0.1, 0.15) is 35.1 Å². The molecular formula is C18H24OSi. The van der Waals surface area contributed by atoms with Gasteiger partial charge in [0.25, 0.3) is 0 Å². The van der Waals surface area contributed by atoms with Crippen molar-refractivity contribution in [1.82, 2.24) is 0 Å². The Balaban J connectivity index is 2.23. The van der Waals surface area contributed by atoms with Gasteiger partial charge in [0.15, 0.2) is 9.76 Å². The number of benzene rings is 2. The molecule has 0 bridgehead atoms. The van der Waals surface area contributed by atoms with Crippen molar-refractivity contribution in [2.75, 3.05) is 6.61 Å². The first-order chi connectivity index (χ1) is 9.70. The van der Waals surface area contributed by atoms with Gasteiger partial charge >= 0.3 is 0 Å². The van der Waals surface area contributed by atoms with E-state index in [2.05, 4.69) is 69.3 Å². The minimum absolute atomic E-state index is 0.443. The molecule has 0 fully saturated rings. The van der Waals surface area contributed by atoms with E-state index in [1.807, 2.05) is 0 Å². The summed E-state index contributed by atoms with van der Waals surface area (Å²) in [6.07, 6.45) is 0. The van der Waals surface area contributed by atoms with E-state index in [1.165, 1.54) is 28.3 Å². The summed E-state index contributed by atoms with van der Waals surface area (Å²) in [6.45, 7) is 7.21. The zero-order chi connectivity index (χ0) is 14.4. The minimum Gasteiger partial charge on any atom is -0.424 e. The van der Waals surface area contributed by atoms with E-state index in [1.54, 1.807) is 0 Å². The number of hydrogen-bond donors (Lipinski definition) is 0. The Hall–Kier alpha value is -1.38. The Morgan fingerprint density at radius 3 is 1.70 bits per heavy atom. The lowest BCUT2D eigenvalue weighted by molar-refractivity contribution is 0.358. The van der Waals surface area contributed by atoms with Crippen molar-refractivity contribution in [3.05, 3.63) is 70.8 Å². The van der Waals surface area contributed by atoms with Crippen molar-refractivity contribution in [3.63, 3.8) is 0 Å². The van der Waals surface area contributed by atoms with Crippen LogP contribution in [0.15, 0.2) is 48.5 Å². The van der Waals surface area contributed by atoms with Gasteiger partial charge in [-0.2, -0.15) is 0 Å². The highest BCUT2D eigenvalue weighted by Gasteiger charge is 2.14. The SMILES string of the molecule is CCO[SiH2]CC(c1ccc(C)cc1)c1ccc(C)cc1. The normalized spacial score (nSPS) is 11.6. The molecule has 0 amide bonds. The predicted molar refractivity (Wildman–Crippen MR) is 89.2 cm³/mol. The van der Waals surface area contributed by atoms with E-state index >= 15 is 0 Å². The molecule has 0 aliphatic heterocycles. The average Bonchev–Trinajstić information content (AvgIpc) is 2.46. The Morgan fingerprint density at radius 2 is 1.30 bits per heavy atom. The quantitative estimate of drug-likeness (QED) is 0.576. The summed E-state index contributed by atoms with van der Waals surface area (Å²) < 4.78 is 5.69. The van der Waals surface area contributed by atoms with Crippen molar-refractivity contribution in [3.8, 4) is 0 Å². The highest BCUT2D eigenvalue weighted by atomic mass is 28.2. The van der Waals surface area contributed by atoms with Crippen LogP contribution in [-0.4, -0.2) is 16.4 Å². The molecule has 20 heavy (non-hydrogen) atoms. The third-order valence-corrected chi connectivity index (χ3v) is 5.22. The Morgan fingerprint density at radius 1 is 0.850 bits per heavy atom. The van der Waals surface area contributed by atoms with E-state index in [-0.39, 0.29) is 0 Å². The molecule has 2 heteroatoms. The third-order valence-electron chi connectivity index (χ3n) is 3.71. The smallest absolute Gasteiger partial charge is 0.162 e. The van der Waals surface area contributed by atoms with Crippen LogP contribution in [0.2, 0.25) is 6.04 Å². The van der Waals surface area contributed by atoms with Gasteiger partial charge in [0.2, 0.25) is 0 Å². The molecule has 1 nitrogen and oxygen atoms in total. The van der Waals surface area contributed by atoms with Gasteiger partial charge in [-0.15, -0.1) is 0 Å². The van der Waals surface area contributed by atoms with Crippen LogP contribution < -0.4 is 0 Å². The summed E-state index contributed by atoms with van der Waals surface area (Å²) in [5.74, 6) is 0.481. The zero-order valence-electron chi connectivity index (χ0n) is 12.7. The summed E-state index contributed by atoms with van der Waals surface area (Å²) >= 11 is 0. The Labute approximate surface area is 124 Å². The van der Waals surface area contributed by atoms with Crippen LogP contribution in [0.4, 0.5) is 0 Å². The standard InChI is InChI=1S/C18H24OSi/c1-4-19-20-13-18(16-9-5-14(2)6-10-16)17-11-7-15(3)8-12-17/h5-12,18H,4,13,20H2,1-3H3. The molecule has 0 N–H and O–H groups in total. The van der Waals surface area contributed by atoms with Gasteiger partial charge in [-0.25, -0.2) is 0 Å². The van der Waals surface area contributed by atoms with Crippen LogP contribution in [0.3, 0.4) is 0 Å². The molecule has 2 aromatic rings. The second-order valence-corrected chi connectivity index (χ2v) is 6.75. The molecule has 2 rings (SSSR count).